The van der Waals surface area contributed by atoms with Gasteiger partial charge in [-0.3, -0.25) is 19.2 Å². The zero-order valence-electron chi connectivity index (χ0n) is 26.0. The number of amides is 5. The van der Waals surface area contributed by atoms with Crippen LogP contribution in [0.4, 0.5) is 27.5 Å². The first-order valence-corrected chi connectivity index (χ1v) is 15.6. The Morgan fingerprint density at radius 3 is 1.91 bits per heavy atom. The summed E-state index contributed by atoms with van der Waals surface area (Å²) in [5.41, 5.74) is 2.71. The van der Waals surface area contributed by atoms with Gasteiger partial charge in [0.15, 0.2) is 0 Å². The summed E-state index contributed by atoms with van der Waals surface area (Å²) >= 11 is 1.30. The van der Waals surface area contributed by atoms with Gasteiger partial charge in [0, 0.05) is 41.7 Å². The molecule has 0 aliphatic heterocycles. The molecule has 0 saturated heterocycles. The first kappa shape index (κ1) is 34.3. The summed E-state index contributed by atoms with van der Waals surface area (Å²) in [7, 11) is 3.32. The van der Waals surface area contributed by atoms with Crippen LogP contribution < -0.4 is 25.3 Å². The largest absolute Gasteiger partial charge is 0.481 e. The number of carboxylic acids is 1. The van der Waals surface area contributed by atoms with Gasteiger partial charge in [0.1, 0.15) is 6.54 Å². The third-order valence-electron chi connectivity index (χ3n) is 7.06. The van der Waals surface area contributed by atoms with Crippen molar-refractivity contribution in [3.05, 3.63) is 115 Å². The van der Waals surface area contributed by atoms with Crippen molar-refractivity contribution in [1.29, 1.82) is 0 Å². The van der Waals surface area contributed by atoms with E-state index in [4.69, 9.17) is 5.11 Å². The summed E-state index contributed by atoms with van der Waals surface area (Å²) in [6.07, 6.45) is -0.203. The maximum atomic E-state index is 13.6. The standard InChI is InChI=1S/C35H35N5O6S/c1-38(27-13-5-3-6-14-27)32(42)23-40(31(41)22-36-35(46)37-26-12-9-11-25(19-26)20-34(44)45)29-17-10-18-30(21-29)47-24-33(43)39(2)28-15-7-4-8-16-28/h3-19,21H,20,22-24H2,1-2H3,(H,44,45)(H2,36,37,46). The number of carbonyl (C=O) groups excluding carboxylic acids is 4. The topological polar surface area (TPSA) is 139 Å². The van der Waals surface area contributed by atoms with Crippen LogP contribution in [0.5, 0.6) is 0 Å². The van der Waals surface area contributed by atoms with E-state index in [2.05, 4.69) is 10.6 Å². The minimum atomic E-state index is -1.00. The van der Waals surface area contributed by atoms with E-state index in [1.807, 2.05) is 42.5 Å². The Hall–Kier alpha value is -5.62. The number of hydrogen-bond donors (Lipinski definition) is 3. The van der Waals surface area contributed by atoms with Crippen LogP contribution >= 0.6 is 11.8 Å². The molecule has 12 heteroatoms. The summed E-state index contributed by atoms with van der Waals surface area (Å²) in [5, 5.41) is 14.2. The van der Waals surface area contributed by atoms with Crippen LogP contribution in [-0.4, -0.2) is 67.8 Å². The molecule has 0 radical (unpaired) electrons. The number of thioether (sulfide) groups is 1. The number of benzene rings is 4. The fraction of sp³-hybridized carbons (Fsp3) is 0.171. The summed E-state index contributed by atoms with van der Waals surface area (Å²) in [4.78, 5) is 68.5. The zero-order chi connectivity index (χ0) is 33.8. The number of likely N-dealkylation sites (N-methyl/N-ethyl adjacent to an activating group) is 1. The van der Waals surface area contributed by atoms with Crippen molar-refractivity contribution < 1.29 is 29.1 Å². The van der Waals surface area contributed by atoms with E-state index in [-0.39, 0.29) is 30.5 Å². The summed E-state index contributed by atoms with van der Waals surface area (Å²) in [6, 6.07) is 31.0. The molecule has 0 aliphatic carbocycles. The number of hydrogen-bond acceptors (Lipinski definition) is 6. The lowest BCUT2D eigenvalue weighted by Gasteiger charge is -2.26. The summed E-state index contributed by atoms with van der Waals surface area (Å²) < 4.78 is 0. The molecule has 0 atom stereocenters. The molecular formula is C35H35N5O6S. The lowest BCUT2D eigenvalue weighted by molar-refractivity contribution is -0.136. The molecule has 4 aromatic rings. The monoisotopic (exact) mass is 653 g/mol. The number of rotatable bonds is 13. The molecule has 5 amide bonds. The number of carbonyl (C=O) groups is 5. The van der Waals surface area contributed by atoms with Gasteiger partial charge < -0.3 is 30.4 Å². The number of aliphatic carboxylic acids is 1. The number of nitrogens with one attached hydrogen (secondary N) is 2. The van der Waals surface area contributed by atoms with E-state index in [1.165, 1.54) is 27.6 Å². The van der Waals surface area contributed by atoms with Gasteiger partial charge in [-0.05, 0) is 60.2 Å². The molecule has 0 unspecified atom stereocenters. The van der Waals surface area contributed by atoms with Crippen LogP contribution in [0, 0.1) is 0 Å². The molecule has 0 saturated carbocycles. The fourth-order valence-corrected chi connectivity index (χ4v) is 5.36. The van der Waals surface area contributed by atoms with Gasteiger partial charge in [-0.25, -0.2) is 4.79 Å². The van der Waals surface area contributed by atoms with E-state index < -0.39 is 24.5 Å². The Balaban J connectivity index is 1.47. The first-order chi connectivity index (χ1) is 22.6. The molecule has 0 heterocycles. The Morgan fingerprint density at radius 2 is 1.28 bits per heavy atom. The van der Waals surface area contributed by atoms with Crippen molar-refractivity contribution in [2.75, 3.05) is 53.0 Å². The van der Waals surface area contributed by atoms with E-state index >= 15 is 0 Å². The number of anilines is 4. The van der Waals surface area contributed by atoms with Gasteiger partial charge >= 0.3 is 12.0 Å². The average Bonchev–Trinajstić information content (AvgIpc) is 3.08. The van der Waals surface area contributed by atoms with Crippen LogP contribution in [0.25, 0.3) is 0 Å². The normalized spacial score (nSPS) is 10.4. The number of carboxylic acid groups (broad SMARTS) is 1. The second-order valence-corrected chi connectivity index (χ2v) is 11.5. The second kappa shape index (κ2) is 16.6. The van der Waals surface area contributed by atoms with Crippen LogP contribution in [0.15, 0.2) is 114 Å². The van der Waals surface area contributed by atoms with Crippen molar-refractivity contribution in [1.82, 2.24) is 5.32 Å². The van der Waals surface area contributed by atoms with Crippen molar-refractivity contribution in [3.8, 4) is 0 Å². The van der Waals surface area contributed by atoms with Gasteiger partial charge in [-0.15, -0.1) is 11.8 Å². The molecule has 11 nitrogen and oxygen atoms in total. The van der Waals surface area contributed by atoms with Crippen molar-refractivity contribution >= 4 is 64.2 Å². The first-order valence-electron chi connectivity index (χ1n) is 14.6. The quantitative estimate of drug-likeness (QED) is 0.175. The maximum Gasteiger partial charge on any atom is 0.319 e. The van der Waals surface area contributed by atoms with Crippen molar-refractivity contribution in [2.45, 2.75) is 11.3 Å². The number of para-hydroxylation sites is 2. The van der Waals surface area contributed by atoms with Gasteiger partial charge in [-0.2, -0.15) is 0 Å². The molecular weight excluding hydrogens is 618 g/mol. The zero-order valence-corrected chi connectivity index (χ0v) is 26.8. The van der Waals surface area contributed by atoms with Gasteiger partial charge in [-0.1, -0.05) is 54.6 Å². The van der Waals surface area contributed by atoms with Crippen LogP contribution in [-0.2, 0) is 25.6 Å². The Kier molecular flexibility index (Phi) is 12.1. The SMILES string of the molecule is CN(C(=O)CSc1cccc(N(CC(=O)N(C)c2ccccc2)C(=O)CNC(=O)Nc2cccc(CC(=O)O)c2)c1)c1ccccc1. The van der Waals surface area contributed by atoms with Crippen LogP contribution in [0.1, 0.15) is 5.56 Å². The van der Waals surface area contributed by atoms with E-state index in [0.29, 0.717) is 27.5 Å². The Morgan fingerprint density at radius 1 is 0.681 bits per heavy atom. The molecule has 0 fully saturated rings. The summed E-state index contributed by atoms with van der Waals surface area (Å²) in [5.74, 6) is -1.87. The lowest BCUT2D eigenvalue weighted by Crippen LogP contribution is -2.46. The molecule has 47 heavy (non-hydrogen) atoms. The van der Waals surface area contributed by atoms with Gasteiger partial charge in [0.2, 0.25) is 17.7 Å². The van der Waals surface area contributed by atoms with E-state index in [0.717, 1.165) is 5.69 Å². The van der Waals surface area contributed by atoms with Crippen LogP contribution in [0.2, 0.25) is 0 Å². The molecule has 4 aromatic carbocycles. The molecule has 0 aliphatic rings. The minimum absolute atomic E-state index is 0.108. The van der Waals surface area contributed by atoms with E-state index in [1.54, 1.807) is 79.7 Å². The molecule has 4 rings (SSSR count). The number of nitrogens with zero attached hydrogens (tertiary/aromatic N) is 3. The molecule has 0 bridgehead atoms. The molecule has 242 valence electrons. The predicted octanol–water partition coefficient (Wildman–Crippen LogP) is 4.89. The van der Waals surface area contributed by atoms with E-state index in [9.17, 15) is 24.0 Å². The van der Waals surface area contributed by atoms with Gasteiger partial charge in [0.25, 0.3) is 0 Å². The van der Waals surface area contributed by atoms with Crippen LogP contribution in [0.3, 0.4) is 0 Å². The fourth-order valence-electron chi connectivity index (χ4n) is 4.50. The smallest absolute Gasteiger partial charge is 0.319 e. The summed E-state index contributed by atoms with van der Waals surface area (Å²) in [6.45, 7) is -0.741. The van der Waals surface area contributed by atoms with Crippen molar-refractivity contribution in [2.24, 2.45) is 0 Å². The highest BCUT2D eigenvalue weighted by Gasteiger charge is 2.23. The maximum absolute atomic E-state index is 13.6. The lowest BCUT2D eigenvalue weighted by atomic mass is 10.1. The molecule has 0 spiro atoms. The highest BCUT2D eigenvalue weighted by atomic mass is 32.2. The third kappa shape index (κ3) is 10.2. The second-order valence-electron chi connectivity index (χ2n) is 10.4. The highest BCUT2D eigenvalue weighted by Crippen LogP contribution is 2.26. The Labute approximate surface area is 277 Å². The third-order valence-corrected chi connectivity index (χ3v) is 8.04. The van der Waals surface area contributed by atoms with Gasteiger partial charge in [0.05, 0.1) is 18.7 Å². The molecule has 3 N–H and O–H groups in total. The highest BCUT2D eigenvalue weighted by molar-refractivity contribution is 8.00. The predicted molar refractivity (Wildman–Crippen MR) is 184 cm³/mol. The average molecular weight is 654 g/mol. The molecule has 0 aromatic heterocycles. The Bertz CT molecular complexity index is 1720. The minimum Gasteiger partial charge on any atom is -0.481 e. The number of urea groups is 1. The van der Waals surface area contributed by atoms with Crippen molar-refractivity contribution in [3.63, 3.8) is 0 Å².